The van der Waals surface area contributed by atoms with Crippen molar-refractivity contribution >= 4 is 49.2 Å². The van der Waals surface area contributed by atoms with Gasteiger partial charge in [0.1, 0.15) is 0 Å². The number of nitrogens with zero attached hydrogens (tertiary/aromatic N) is 2. The third-order valence-electron chi connectivity index (χ3n) is 11.6. The van der Waals surface area contributed by atoms with Gasteiger partial charge in [-0.3, -0.25) is 0 Å². The van der Waals surface area contributed by atoms with Crippen LogP contribution in [0, 0.1) is 0 Å². The monoisotopic (exact) mass is 714 g/mol. The van der Waals surface area contributed by atoms with Crippen molar-refractivity contribution in [2.24, 2.45) is 0 Å². The molecule has 0 N–H and O–H groups in total. The Labute approximate surface area is 326 Å². The van der Waals surface area contributed by atoms with Gasteiger partial charge in [-0.1, -0.05) is 158 Å². The molecule has 2 nitrogen and oxygen atoms in total. The molecule has 2 heterocycles. The molecule has 2 heteroatoms. The van der Waals surface area contributed by atoms with E-state index in [0.717, 1.165) is 24.2 Å². The van der Waals surface area contributed by atoms with E-state index in [1.165, 1.54) is 88.1 Å². The molecule has 0 atom stereocenters. The van der Waals surface area contributed by atoms with Gasteiger partial charge >= 0.3 is 0 Å². The molecule has 0 spiro atoms. The van der Waals surface area contributed by atoms with E-state index >= 15 is 0 Å². The van der Waals surface area contributed by atoms with Crippen molar-refractivity contribution in [1.29, 1.82) is 0 Å². The molecule has 0 fully saturated rings. The predicted octanol–water partition coefficient (Wildman–Crippen LogP) is 14.6. The zero-order valence-corrected chi connectivity index (χ0v) is 30.9. The van der Waals surface area contributed by atoms with Gasteiger partial charge in [-0.05, 0) is 106 Å². The van der Waals surface area contributed by atoms with E-state index in [1.54, 1.807) is 0 Å². The third-order valence-corrected chi connectivity index (χ3v) is 11.6. The molecule has 8 aromatic carbocycles. The SMILES string of the molecule is C1=CC(c2ccc(-c3cccc(-n4c5ccccc5c5c6c7ccccc7n(-c7cccc(-c8ccc(-c9ccccc9)cc8)c7)c6ccc54)c3)cc2)=CCC1. The number of aromatic nitrogens is 2. The van der Waals surface area contributed by atoms with Crippen LogP contribution in [0.5, 0.6) is 0 Å². The van der Waals surface area contributed by atoms with E-state index in [9.17, 15) is 0 Å². The minimum Gasteiger partial charge on any atom is -0.309 e. The average Bonchev–Trinajstić information content (AvgIpc) is 3.80. The summed E-state index contributed by atoms with van der Waals surface area (Å²) in [5.41, 5.74) is 17.0. The van der Waals surface area contributed by atoms with Crippen LogP contribution in [0.25, 0.3) is 93.9 Å². The van der Waals surface area contributed by atoms with Crippen LogP contribution in [0.4, 0.5) is 0 Å². The Hall–Kier alpha value is -7.16. The molecule has 1 aliphatic carbocycles. The first kappa shape index (κ1) is 32.3. The van der Waals surface area contributed by atoms with Gasteiger partial charge in [0.2, 0.25) is 0 Å². The van der Waals surface area contributed by atoms with Gasteiger partial charge in [0.15, 0.2) is 0 Å². The topological polar surface area (TPSA) is 9.86 Å². The maximum absolute atomic E-state index is 2.45. The van der Waals surface area contributed by atoms with Crippen molar-refractivity contribution in [1.82, 2.24) is 9.13 Å². The van der Waals surface area contributed by atoms with Crippen molar-refractivity contribution in [3.8, 4) is 44.8 Å². The highest BCUT2D eigenvalue weighted by atomic mass is 15.0. The predicted molar refractivity (Wildman–Crippen MR) is 238 cm³/mol. The summed E-state index contributed by atoms with van der Waals surface area (Å²) < 4.78 is 4.90. The zero-order valence-electron chi connectivity index (χ0n) is 30.9. The highest BCUT2D eigenvalue weighted by molar-refractivity contribution is 6.29. The van der Waals surface area contributed by atoms with Crippen molar-refractivity contribution in [2.75, 3.05) is 0 Å². The molecule has 1 aliphatic rings. The summed E-state index contributed by atoms with van der Waals surface area (Å²) >= 11 is 0. The Morgan fingerprint density at radius 2 is 0.768 bits per heavy atom. The maximum atomic E-state index is 2.45. The maximum Gasteiger partial charge on any atom is 0.0548 e. The van der Waals surface area contributed by atoms with E-state index in [2.05, 4.69) is 215 Å². The van der Waals surface area contributed by atoms with Gasteiger partial charge < -0.3 is 9.13 Å². The second-order valence-electron chi connectivity index (χ2n) is 14.8. The quantitative estimate of drug-likeness (QED) is 0.162. The molecule has 11 rings (SSSR count). The van der Waals surface area contributed by atoms with Crippen LogP contribution in [0.15, 0.2) is 206 Å². The van der Waals surface area contributed by atoms with Crippen LogP contribution >= 0.6 is 0 Å². The van der Waals surface area contributed by atoms with E-state index in [4.69, 9.17) is 0 Å². The number of hydrogen-bond acceptors (Lipinski definition) is 0. The van der Waals surface area contributed by atoms with E-state index in [-0.39, 0.29) is 0 Å². The molecular formula is C54H38N2. The number of rotatable bonds is 6. The van der Waals surface area contributed by atoms with Gasteiger partial charge in [-0.15, -0.1) is 0 Å². The average molecular weight is 715 g/mol. The van der Waals surface area contributed by atoms with E-state index in [1.807, 2.05) is 0 Å². The lowest BCUT2D eigenvalue weighted by Gasteiger charge is -2.12. The second kappa shape index (κ2) is 13.3. The lowest BCUT2D eigenvalue weighted by atomic mass is 9.97. The number of benzene rings is 8. The fraction of sp³-hybridized carbons (Fsp3) is 0.0370. The molecule has 264 valence electrons. The van der Waals surface area contributed by atoms with Crippen LogP contribution in [0.1, 0.15) is 18.4 Å². The van der Waals surface area contributed by atoms with Crippen LogP contribution < -0.4 is 0 Å². The molecule has 0 amide bonds. The number of para-hydroxylation sites is 2. The number of hydrogen-bond donors (Lipinski definition) is 0. The Morgan fingerprint density at radius 1 is 0.321 bits per heavy atom. The molecule has 2 aromatic heterocycles. The van der Waals surface area contributed by atoms with Crippen molar-refractivity contribution < 1.29 is 0 Å². The van der Waals surface area contributed by atoms with Gasteiger partial charge in [-0.25, -0.2) is 0 Å². The van der Waals surface area contributed by atoms with Gasteiger partial charge in [0, 0.05) is 32.9 Å². The van der Waals surface area contributed by atoms with Gasteiger partial charge in [-0.2, -0.15) is 0 Å². The van der Waals surface area contributed by atoms with Crippen LogP contribution in [-0.2, 0) is 0 Å². The summed E-state index contributed by atoms with van der Waals surface area (Å²) in [4.78, 5) is 0. The van der Waals surface area contributed by atoms with Crippen LogP contribution in [0.3, 0.4) is 0 Å². The zero-order chi connectivity index (χ0) is 37.0. The standard InChI is InChI=1S/C54H38N2/c1-3-13-37(14-4-1)39-25-29-41(30-26-39)43-17-11-19-45(35-43)55-49-23-9-7-21-47(49)53-51(55)33-34-52-54(53)48-22-8-10-24-50(48)56(52)46-20-12-18-44(36-46)42-31-27-40(28-32-42)38-15-5-2-6-16-38/h1,3-5,7-36H,2,6H2. The highest BCUT2D eigenvalue weighted by Crippen LogP contribution is 2.43. The van der Waals surface area contributed by atoms with E-state index in [0.29, 0.717) is 0 Å². The largest absolute Gasteiger partial charge is 0.309 e. The summed E-state index contributed by atoms with van der Waals surface area (Å²) in [5.74, 6) is 0. The second-order valence-corrected chi connectivity index (χ2v) is 14.8. The van der Waals surface area contributed by atoms with Crippen molar-refractivity contribution in [2.45, 2.75) is 12.8 Å². The fourth-order valence-corrected chi connectivity index (χ4v) is 8.89. The molecule has 0 radical (unpaired) electrons. The molecular weight excluding hydrogens is 677 g/mol. The molecule has 56 heavy (non-hydrogen) atoms. The van der Waals surface area contributed by atoms with Crippen molar-refractivity contribution in [3.05, 3.63) is 212 Å². The number of fused-ring (bicyclic) bond motifs is 7. The van der Waals surface area contributed by atoms with Crippen molar-refractivity contribution in [3.63, 3.8) is 0 Å². The Balaban J connectivity index is 1.05. The first-order valence-electron chi connectivity index (χ1n) is 19.6. The van der Waals surface area contributed by atoms with Gasteiger partial charge in [0.05, 0.1) is 22.1 Å². The molecule has 0 aliphatic heterocycles. The minimum absolute atomic E-state index is 1.11. The van der Waals surface area contributed by atoms with Crippen LogP contribution in [-0.4, -0.2) is 9.13 Å². The molecule has 10 aromatic rings. The fourth-order valence-electron chi connectivity index (χ4n) is 8.89. The summed E-state index contributed by atoms with van der Waals surface area (Å²) in [5, 5.41) is 5.07. The Bertz CT molecular complexity index is 3150. The smallest absolute Gasteiger partial charge is 0.0548 e. The lowest BCUT2D eigenvalue weighted by Crippen LogP contribution is -1.95. The summed E-state index contributed by atoms with van der Waals surface area (Å²) in [7, 11) is 0. The van der Waals surface area contributed by atoms with E-state index < -0.39 is 0 Å². The molecule has 0 bridgehead atoms. The Kier molecular flexibility index (Phi) is 7.67. The first-order chi connectivity index (χ1) is 27.8. The number of allylic oxidation sites excluding steroid dienone is 4. The third kappa shape index (κ3) is 5.33. The normalized spacial score (nSPS) is 12.9. The van der Waals surface area contributed by atoms with Gasteiger partial charge in [0.25, 0.3) is 0 Å². The highest BCUT2D eigenvalue weighted by Gasteiger charge is 2.21. The minimum atomic E-state index is 1.11. The summed E-state index contributed by atoms with van der Waals surface area (Å²) in [6, 6.07) is 68.9. The molecule has 0 saturated heterocycles. The molecule has 0 unspecified atom stereocenters. The van der Waals surface area contributed by atoms with Crippen LogP contribution in [0.2, 0.25) is 0 Å². The lowest BCUT2D eigenvalue weighted by molar-refractivity contribution is 1.04. The first-order valence-corrected chi connectivity index (χ1v) is 19.6. The Morgan fingerprint density at radius 3 is 1.29 bits per heavy atom. The summed E-state index contributed by atoms with van der Waals surface area (Å²) in [6.45, 7) is 0. The molecule has 0 saturated carbocycles. The summed E-state index contributed by atoms with van der Waals surface area (Å²) in [6.07, 6.45) is 9.10.